The number of likely N-dealkylation sites (N-methyl/N-ethyl adjacent to an activating group) is 1. The molecule has 6 nitrogen and oxygen atoms in total. The van der Waals surface area contributed by atoms with Crippen LogP contribution in [0, 0.1) is 6.92 Å². The second kappa shape index (κ2) is 6.88. The van der Waals surface area contributed by atoms with Crippen molar-refractivity contribution in [3.05, 3.63) is 41.3 Å². The molecule has 0 aliphatic carbocycles. The fraction of sp³-hybridized carbons (Fsp3) is 0.474. The SMILES string of the molecule is Cc1nc2c(c(N(C)C[C@H]3COc4ccccc4O3)n1)CCNCC2. The molecule has 0 unspecified atom stereocenters. The number of hydrogen-bond acceptors (Lipinski definition) is 6. The van der Waals surface area contributed by atoms with E-state index in [4.69, 9.17) is 14.5 Å². The van der Waals surface area contributed by atoms with Gasteiger partial charge >= 0.3 is 0 Å². The molecular weight excluding hydrogens is 316 g/mol. The van der Waals surface area contributed by atoms with Gasteiger partial charge in [-0.1, -0.05) is 12.1 Å². The Morgan fingerprint density at radius 3 is 2.84 bits per heavy atom. The van der Waals surface area contributed by atoms with Crippen molar-refractivity contribution in [2.75, 3.05) is 38.2 Å². The summed E-state index contributed by atoms with van der Waals surface area (Å²) in [6, 6.07) is 7.82. The Kier molecular flexibility index (Phi) is 4.44. The summed E-state index contributed by atoms with van der Waals surface area (Å²) in [6.45, 7) is 5.19. The van der Waals surface area contributed by atoms with Gasteiger partial charge in [0.05, 0.1) is 12.2 Å². The molecule has 1 N–H and O–H groups in total. The number of rotatable bonds is 3. The maximum absolute atomic E-state index is 6.10. The molecule has 1 atom stereocenters. The molecule has 0 radical (unpaired) electrons. The van der Waals surface area contributed by atoms with Gasteiger partial charge in [0, 0.05) is 25.6 Å². The van der Waals surface area contributed by atoms with Gasteiger partial charge in [-0.15, -0.1) is 0 Å². The molecular formula is C19H24N4O2. The molecule has 0 saturated heterocycles. The maximum atomic E-state index is 6.10. The van der Waals surface area contributed by atoms with E-state index in [1.165, 1.54) is 11.3 Å². The molecule has 0 fully saturated rings. The van der Waals surface area contributed by atoms with E-state index in [-0.39, 0.29) is 6.10 Å². The van der Waals surface area contributed by atoms with Crippen LogP contribution < -0.4 is 19.7 Å². The molecule has 0 spiro atoms. The number of nitrogens with zero attached hydrogens (tertiary/aromatic N) is 3. The third kappa shape index (κ3) is 3.39. The molecule has 25 heavy (non-hydrogen) atoms. The monoisotopic (exact) mass is 340 g/mol. The van der Waals surface area contributed by atoms with Crippen LogP contribution in [-0.4, -0.2) is 49.4 Å². The number of ether oxygens (including phenoxy) is 2. The molecule has 0 amide bonds. The van der Waals surface area contributed by atoms with Crippen molar-refractivity contribution in [1.29, 1.82) is 0 Å². The van der Waals surface area contributed by atoms with Crippen molar-refractivity contribution in [2.24, 2.45) is 0 Å². The third-order valence-electron chi connectivity index (χ3n) is 4.68. The minimum atomic E-state index is -0.0188. The van der Waals surface area contributed by atoms with Gasteiger partial charge in [-0.05, 0) is 32.0 Å². The normalized spacial score (nSPS) is 19.0. The number of anilines is 1. The Bertz CT molecular complexity index is 765. The van der Waals surface area contributed by atoms with Crippen LogP contribution in [0.15, 0.2) is 24.3 Å². The minimum absolute atomic E-state index is 0.0188. The summed E-state index contributed by atoms with van der Waals surface area (Å²) in [5.74, 6) is 3.48. The zero-order chi connectivity index (χ0) is 17.2. The lowest BCUT2D eigenvalue weighted by Gasteiger charge is -2.31. The van der Waals surface area contributed by atoms with Crippen molar-refractivity contribution in [1.82, 2.24) is 15.3 Å². The number of aromatic nitrogens is 2. The van der Waals surface area contributed by atoms with E-state index in [1.54, 1.807) is 0 Å². The van der Waals surface area contributed by atoms with Gasteiger partial charge in [0.1, 0.15) is 18.2 Å². The van der Waals surface area contributed by atoms with E-state index < -0.39 is 0 Å². The standard InChI is InChI=1S/C19H24N4O2/c1-13-21-16-8-10-20-9-7-15(16)19(22-13)23(2)11-14-12-24-17-5-3-4-6-18(17)25-14/h3-6,14,20H,7-12H2,1-2H3/t14-/m0/s1. The summed E-state index contributed by atoms with van der Waals surface area (Å²) in [6.07, 6.45) is 1.89. The van der Waals surface area contributed by atoms with Crippen molar-refractivity contribution >= 4 is 5.82 Å². The van der Waals surface area contributed by atoms with Crippen LogP contribution in [-0.2, 0) is 12.8 Å². The molecule has 6 heteroatoms. The first-order valence-electron chi connectivity index (χ1n) is 8.87. The number of hydrogen-bond donors (Lipinski definition) is 1. The molecule has 1 aromatic heterocycles. The van der Waals surface area contributed by atoms with Crippen molar-refractivity contribution in [3.8, 4) is 11.5 Å². The van der Waals surface area contributed by atoms with Crippen LogP contribution in [0.5, 0.6) is 11.5 Å². The average Bonchev–Trinajstić information content (AvgIpc) is 2.86. The Balaban J connectivity index is 1.54. The van der Waals surface area contributed by atoms with Gasteiger partial charge in [0.15, 0.2) is 17.6 Å². The first-order chi connectivity index (χ1) is 12.2. The highest BCUT2D eigenvalue weighted by Gasteiger charge is 2.25. The largest absolute Gasteiger partial charge is 0.486 e. The van der Waals surface area contributed by atoms with Crippen molar-refractivity contribution < 1.29 is 9.47 Å². The number of aryl methyl sites for hydroxylation is 1. The fourth-order valence-electron chi connectivity index (χ4n) is 3.51. The summed E-state index contributed by atoms with van der Waals surface area (Å²) in [7, 11) is 2.07. The quantitative estimate of drug-likeness (QED) is 0.919. The minimum Gasteiger partial charge on any atom is -0.486 e. The molecule has 2 aromatic rings. The molecule has 0 bridgehead atoms. The van der Waals surface area contributed by atoms with Crippen LogP contribution >= 0.6 is 0 Å². The molecule has 0 saturated carbocycles. The zero-order valence-corrected chi connectivity index (χ0v) is 14.8. The van der Waals surface area contributed by atoms with Crippen LogP contribution in [0.25, 0.3) is 0 Å². The molecule has 2 aliphatic heterocycles. The molecule has 3 heterocycles. The topological polar surface area (TPSA) is 59.5 Å². The molecule has 1 aromatic carbocycles. The smallest absolute Gasteiger partial charge is 0.161 e. The second-order valence-corrected chi connectivity index (χ2v) is 6.65. The van der Waals surface area contributed by atoms with Crippen molar-refractivity contribution in [2.45, 2.75) is 25.9 Å². The average molecular weight is 340 g/mol. The summed E-state index contributed by atoms with van der Waals surface area (Å²) in [5, 5.41) is 3.44. The van der Waals surface area contributed by atoms with Gasteiger partial charge in [0.25, 0.3) is 0 Å². The van der Waals surface area contributed by atoms with Crippen LogP contribution in [0.2, 0.25) is 0 Å². The summed E-state index contributed by atoms with van der Waals surface area (Å²) in [4.78, 5) is 11.6. The van der Waals surface area contributed by atoms with Crippen LogP contribution in [0.4, 0.5) is 5.82 Å². The van der Waals surface area contributed by atoms with Gasteiger partial charge in [-0.3, -0.25) is 0 Å². The highest BCUT2D eigenvalue weighted by molar-refractivity contribution is 5.50. The predicted molar refractivity (Wildman–Crippen MR) is 96.7 cm³/mol. The first-order valence-corrected chi connectivity index (χ1v) is 8.87. The Morgan fingerprint density at radius 1 is 1.16 bits per heavy atom. The van der Waals surface area contributed by atoms with E-state index in [9.17, 15) is 0 Å². The lowest BCUT2D eigenvalue weighted by Crippen LogP contribution is -2.40. The van der Waals surface area contributed by atoms with Gasteiger partial charge < -0.3 is 19.7 Å². The highest BCUT2D eigenvalue weighted by Crippen LogP contribution is 2.31. The lowest BCUT2D eigenvalue weighted by molar-refractivity contribution is 0.0959. The van der Waals surface area contributed by atoms with Gasteiger partial charge in [0.2, 0.25) is 0 Å². The molecule has 2 aliphatic rings. The second-order valence-electron chi connectivity index (χ2n) is 6.65. The summed E-state index contributed by atoms with van der Waals surface area (Å²) in [5.41, 5.74) is 2.43. The third-order valence-corrected chi connectivity index (χ3v) is 4.68. The summed E-state index contributed by atoms with van der Waals surface area (Å²) < 4.78 is 11.9. The molecule has 4 rings (SSSR count). The highest BCUT2D eigenvalue weighted by atomic mass is 16.6. The van der Waals surface area contributed by atoms with E-state index in [1.807, 2.05) is 31.2 Å². The first kappa shape index (κ1) is 16.1. The van der Waals surface area contributed by atoms with E-state index in [2.05, 4.69) is 22.2 Å². The van der Waals surface area contributed by atoms with Crippen LogP contribution in [0.3, 0.4) is 0 Å². The van der Waals surface area contributed by atoms with E-state index >= 15 is 0 Å². The Hall–Kier alpha value is -2.34. The number of fused-ring (bicyclic) bond motifs is 2. The van der Waals surface area contributed by atoms with Gasteiger partial charge in [-0.25, -0.2) is 9.97 Å². The van der Waals surface area contributed by atoms with Crippen LogP contribution in [0.1, 0.15) is 17.1 Å². The van der Waals surface area contributed by atoms with E-state index in [0.717, 1.165) is 55.6 Å². The number of para-hydroxylation sites is 2. The number of nitrogens with one attached hydrogen (secondary N) is 1. The summed E-state index contributed by atoms with van der Waals surface area (Å²) >= 11 is 0. The number of benzene rings is 1. The fourth-order valence-corrected chi connectivity index (χ4v) is 3.51. The maximum Gasteiger partial charge on any atom is 0.161 e. The predicted octanol–water partition coefficient (Wildman–Crippen LogP) is 1.75. The zero-order valence-electron chi connectivity index (χ0n) is 14.8. The Morgan fingerprint density at radius 2 is 1.96 bits per heavy atom. The van der Waals surface area contributed by atoms with E-state index in [0.29, 0.717) is 6.61 Å². The molecule has 132 valence electrons. The van der Waals surface area contributed by atoms with Crippen molar-refractivity contribution in [3.63, 3.8) is 0 Å². The van der Waals surface area contributed by atoms with Gasteiger partial charge in [-0.2, -0.15) is 0 Å². The Labute approximate surface area is 148 Å². The lowest BCUT2D eigenvalue weighted by atomic mass is 10.1.